The molecule has 7 heteroatoms. The highest BCUT2D eigenvalue weighted by Crippen LogP contribution is 2.17. The number of ether oxygens (including phenoxy) is 1. The van der Waals surface area contributed by atoms with Gasteiger partial charge in [-0.05, 0) is 42.3 Å². The molecule has 0 radical (unpaired) electrons. The summed E-state index contributed by atoms with van der Waals surface area (Å²) in [7, 11) is 5.08. The Balaban J connectivity index is 2.11. The first-order valence-electron chi connectivity index (χ1n) is 9.02. The molecule has 0 aliphatic carbocycles. The van der Waals surface area contributed by atoms with Gasteiger partial charge in [-0.25, -0.2) is 4.99 Å². The van der Waals surface area contributed by atoms with Crippen LogP contribution in [-0.2, 0) is 11.3 Å². The molecular formula is C21H27ClN4O2. The molecule has 1 unspecified atom stereocenters. The van der Waals surface area contributed by atoms with Crippen molar-refractivity contribution in [2.45, 2.75) is 19.5 Å². The molecular weight excluding hydrogens is 376 g/mol. The summed E-state index contributed by atoms with van der Waals surface area (Å²) in [5.41, 5.74) is 2.07. The number of carbonyl (C=O) groups excluding carboxylic acids is 1. The maximum atomic E-state index is 11.9. The predicted octanol–water partition coefficient (Wildman–Crippen LogP) is 3.23. The first-order chi connectivity index (χ1) is 13.4. The van der Waals surface area contributed by atoms with Gasteiger partial charge >= 0.3 is 0 Å². The van der Waals surface area contributed by atoms with Gasteiger partial charge in [0, 0.05) is 19.1 Å². The molecule has 28 heavy (non-hydrogen) atoms. The number of nitrogens with one attached hydrogen (secondary N) is 2. The van der Waals surface area contributed by atoms with Gasteiger partial charge in [-0.2, -0.15) is 0 Å². The Kier molecular flexibility index (Phi) is 8.14. The van der Waals surface area contributed by atoms with Gasteiger partial charge in [-0.3, -0.25) is 4.79 Å². The van der Waals surface area contributed by atoms with Crippen molar-refractivity contribution in [1.29, 1.82) is 0 Å². The van der Waals surface area contributed by atoms with Gasteiger partial charge < -0.3 is 20.3 Å². The Labute approximate surface area is 171 Å². The van der Waals surface area contributed by atoms with E-state index in [1.807, 2.05) is 55.5 Å². The van der Waals surface area contributed by atoms with E-state index in [1.165, 1.54) is 4.90 Å². The molecule has 0 fully saturated rings. The van der Waals surface area contributed by atoms with Gasteiger partial charge in [0.1, 0.15) is 5.75 Å². The lowest BCUT2D eigenvalue weighted by Gasteiger charge is -2.20. The number of hydrogen-bond donors (Lipinski definition) is 2. The summed E-state index contributed by atoms with van der Waals surface area (Å²) in [6.07, 6.45) is 0. The van der Waals surface area contributed by atoms with Crippen molar-refractivity contribution in [3.05, 3.63) is 64.7 Å². The van der Waals surface area contributed by atoms with E-state index in [9.17, 15) is 4.79 Å². The minimum atomic E-state index is -0.0330. The van der Waals surface area contributed by atoms with E-state index >= 15 is 0 Å². The first kappa shape index (κ1) is 21.6. The van der Waals surface area contributed by atoms with Crippen LogP contribution in [0.2, 0.25) is 5.02 Å². The van der Waals surface area contributed by atoms with Gasteiger partial charge in [0.15, 0.2) is 5.96 Å². The predicted molar refractivity (Wildman–Crippen MR) is 114 cm³/mol. The molecule has 0 heterocycles. The molecule has 0 saturated carbocycles. The summed E-state index contributed by atoms with van der Waals surface area (Å²) in [5.74, 6) is 1.32. The zero-order chi connectivity index (χ0) is 20.5. The van der Waals surface area contributed by atoms with Gasteiger partial charge in [0.25, 0.3) is 0 Å². The monoisotopic (exact) mass is 402 g/mol. The number of amides is 1. The van der Waals surface area contributed by atoms with Crippen LogP contribution < -0.4 is 15.4 Å². The van der Waals surface area contributed by atoms with E-state index < -0.39 is 0 Å². The number of nitrogens with zero attached hydrogens (tertiary/aromatic N) is 2. The normalized spacial score (nSPS) is 12.2. The minimum absolute atomic E-state index is 0.0322. The standard InChI is InChI=1S/C21H27ClN4O2/c1-15(17-6-5-7-18(22)12-17)25-21(24-14-20(27)26(2)3)23-13-16-8-10-19(28-4)11-9-16/h5-12,15H,13-14H2,1-4H3,(H2,23,24,25). The second kappa shape index (κ2) is 10.6. The topological polar surface area (TPSA) is 66.0 Å². The molecule has 150 valence electrons. The molecule has 2 N–H and O–H groups in total. The van der Waals surface area contributed by atoms with Crippen molar-refractivity contribution < 1.29 is 9.53 Å². The van der Waals surface area contributed by atoms with Crippen molar-refractivity contribution in [3.8, 4) is 5.75 Å². The fourth-order valence-electron chi connectivity index (χ4n) is 2.44. The van der Waals surface area contributed by atoms with E-state index in [0.29, 0.717) is 17.5 Å². The van der Waals surface area contributed by atoms with Crippen molar-refractivity contribution in [2.24, 2.45) is 4.99 Å². The molecule has 0 bridgehead atoms. The molecule has 0 saturated heterocycles. The summed E-state index contributed by atoms with van der Waals surface area (Å²) in [4.78, 5) is 18.1. The summed E-state index contributed by atoms with van der Waals surface area (Å²) in [5, 5.41) is 7.11. The quantitative estimate of drug-likeness (QED) is 0.551. The molecule has 2 aromatic carbocycles. The summed E-state index contributed by atoms with van der Waals surface area (Å²) in [6.45, 7) is 2.64. The summed E-state index contributed by atoms with van der Waals surface area (Å²) < 4.78 is 5.18. The van der Waals surface area contributed by atoms with Crippen LogP contribution in [0.5, 0.6) is 5.75 Å². The van der Waals surface area contributed by atoms with Crippen LogP contribution in [0.1, 0.15) is 24.1 Å². The number of hydrogen-bond acceptors (Lipinski definition) is 3. The fourth-order valence-corrected chi connectivity index (χ4v) is 2.63. The number of guanidine groups is 1. The van der Waals surface area contributed by atoms with E-state index in [0.717, 1.165) is 16.9 Å². The average molecular weight is 403 g/mol. The second-order valence-electron chi connectivity index (χ2n) is 6.58. The van der Waals surface area contributed by atoms with E-state index in [1.54, 1.807) is 21.2 Å². The lowest BCUT2D eigenvalue weighted by Crippen LogP contribution is -2.43. The Morgan fingerprint density at radius 1 is 1.21 bits per heavy atom. The molecule has 1 atom stereocenters. The summed E-state index contributed by atoms with van der Waals surface area (Å²) >= 11 is 6.09. The molecule has 0 aromatic heterocycles. The SMILES string of the molecule is COc1ccc(CN=C(NCC(=O)N(C)C)NC(C)c2cccc(Cl)c2)cc1. The zero-order valence-corrected chi connectivity index (χ0v) is 17.5. The van der Waals surface area contributed by atoms with Crippen LogP contribution in [0.15, 0.2) is 53.5 Å². The smallest absolute Gasteiger partial charge is 0.241 e. The molecule has 1 amide bonds. The number of aliphatic imine (C=N–C) groups is 1. The van der Waals surface area contributed by atoms with Crippen LogP contribution in [0.3, 0.4) is 0 Å². The molecule has 0 aliphatic heterocycles. The van der Waals surface area contributed by atoms with Crippen LogP contribution in [0, 0.1) is 0 Å². The Morgan fingerprint density at radius 2 is 1.93 bits per heavy atom. The van der Waals surface area contributed by atoms with Crippen molar-refractivity contribution in [2.75, 3.05) is 27.7 Å². The van der Waals surface area contributed by atoms with Gasteiger partial charge in [-0.15, -0.1) is 0 Å². The Bertz CT molecular complexity index is 806. The largest absolute Gasteiger partial charge is 0.497 e. The minimum Gasteiger partial charge on any atom is -0.497 e. The molecule has 2 aromatic rings. The maximum absolute atomic E-state index is 11.9. The third kappa shape index (κ3) is 6.78. The van der Waals surface area contributed by atoms with E-state index in [-0.39, 0.29) is 18.5 Å². The van der Waals surface area contributed by atoms with Crippen molar-refractivity contribution in [3.63, 3.8) is 0 Å². The van der Waals surface area contributed by atoms with E-state index in [4.69, 9.17) is 16.3 Å². The number of methoxy groups -OCH3 is 1. The van der Waals surface area contributed by atoms with Crippen molar-refractivity contribution >= 4 is 23.5 Å². The third-order valence-electron chi connectivity index (χ3n) is 4.19. The average Bonchev–Trinajstić information content (AvgIpc) is 2.69. The highest BCUT2D eigenvalue weighted by molar-refractivity contribution is 6.30. The van der Waals surface area contributed by atoms with Gasteiger partial charge in [0.05, 0.1) is 26.2 Å². The van der Waals surface area contributed by atoms with Crippen LogP contribution in [0.4, 0.5) is 0 Å². The second-order valence-corrected chi connectivity index (χ2v) is 7.01. The van der Waals surface area contributed by atoms with Gasteiger partial charge in [-0.1, -0.05) is 35.9 Å². The molecule has 0 spiro atoms. The van der Waals surface area contributed by atoms with Gasteiger partial charge in [0.2, 0.25) is 5.91 Å². The number of rotatable bonds is 7. The van der Waals surface area contributed by atoms with E-state index in [2.05, 4.69) is 15.6 Å². The fraction of sp³-hybridized carbons (Fsp3) is 0.333. The number of halogens is 1. The molecule has 2 rings (SSSR count). The molecule has 0 aliphatic rings. The lowest BCUT2D eigenvalue weighted by atomic mass is 10.1. The Morgan fingerprint density at radius 3 is 2.54 bits per heavy atom. The third-order valence-corrected chi connectivity index (χ3v) is 4.42. The summed E-state index contributed by atoms with van der Waals surface area (Å²) in [6, 6.07) is 15.3. The van der Waals surface area contributed by atoms with Crippen LogP contribution in [-0.4, -0.2) is 44.5 Å². The number of benzene rings is 2. The molecule has 6 nitrogen and oxygen atoms in total. The zero-order valence-electron chi connectivity index (χ0n) is 16.7. The number of carbonyl (C=O) groups is 1. The highest BCUT2D eigenvalue weighted by Gasteiger charge is 2.11. The maximum Gasteiger partial charge on any atom is 0.241 e. The number of likely N-dealkylation sites (N-methyl/N-ethyl adjacent to an activating group) is 1. The van der Waals surface area contributed by atoms with Crippen LogP contribution in [0.25, 0.3) is 0 Å². The first-order valence-corrected chi connectivity index (χ1v) is 9.40. The lowest BCUT2D eigenvalue weighted by molar-refractivity contribution is -0.127. The van der Waals surface area contributed by atoms with Crippen molar-refractivity contribution in [1.82, 2.24) is 15.5 Å². The van der Waals surface area contributed by atoms with Crippen LogP contribution >= 0.6 is 11.6 Å². The highest BCUT2D eigenvalue weighted by atomic mass is 35.5. The Hall–Kier alpha value is -2.73.